The molecule has 0 spiro atoms. The van der Waals surface area contributed by atoms with Gasteiger partial charge in [-0.1, -0.05) is 0 Å². The van der Waals surface area contributed by atoms with Crippen molar-refractivity contribution in [2.45, 2.75) is 13.8 Å². The number of hydrazone groups is 1. The lowest BCUT2D eigenvalue weighted by molar-refractivity contribution is 0.273. The zero-order valence-electron chi connectivity index (χ0n) is 19.0. The van der Waals surface area contributed by atoms with E-state index in [1.165, 1.54) is 11.8 Å². The van der Waals surface area contributed by atoms with Crippen molar-refractivity contribution in [3.63, 3.8) is 0 Å². The molecule has 5 rings (SSSR count). The predicted octanol–water partition coefficient (Wildman–Crippen LogP) is 4.34. The Morgan fingerprint density at radius 3 is 2.06 bits per heavy atom. The van der Waals surface area contributed by atoms with Crippen LogP contribution in [0.2, 0.25) is 0 Å². The van der Waals surface area contributed by atoms with Gasteiger partial charge in [-0.15, -0.1) is 22.1 Å². The van der Waals surface area contributed by atoms with Gasteiger partial charge in [0.25, 0.3) is 0 Å². The fourth-order valence-corrected chi connectivity index (χ4v) is 4.24. The number of nitrogens with two attached hydrogens (primary N) is 2. The van der Waals surface area contributed by atoms with Crippen LogP contribution in [0.4, 0.5) is 22.7 Å². The van der Waals surface area contributed by atoms with Gasteiger partial charge < -0.3 is 16.8 Å². The molecule has 172 valence electrons. The summed E-state index contributed by atoms with van der Waals surface area (Å²) in [4.78, 5) is 9.09. The molecular formula is C24H25N9S. The summed E-state index contributed by atoms with van der Waals surface area (Å²) >= 11 is 1.54. The molecule has 2 aromatic carbocycles. The molecule has 0 atom stereocenters. The topological polar surface area (TPSA) is 130 Å². The second-order valence-electron chi connectivity index (χ2n) is 8.03. The van der Waals surface area contributed by atoms with Crippen molar-refractivity contribution in [3.05, 3.63) is 71.8 Å². The molecular weight excluding hydrogens is 446 g/mol. The van der Waals surface area contributed by atoms with E-state index in [-0.39, 0.29) is 0 Å². The number of pyridine rings is 2. The first-order valence-corrected chi connectivity index (χ1v) is 11.9. The second-order valence-corrected chi connectivity index (χ2v) is 8.86. The Bertz CT molecular complexity index is 1480. The minimum atomic E-state index is 0.688. The third-order valence-corrected chi connectivity index (χ3v) is 5.97. The molecule has 3 heterocycles. The van der Waals surface area contributed by atoms with Crippen molar-refractivity contribution in [3.8, 4) is 0 Å². The Morgan fingerprint density at radius 2 is 1.44 bits per heavy atom. The number of anilines is 4. The summed E-state index contributed by atoms with van der Waals surface area (Å²) < 4.78 is 0. The Labute approximate surface area is 201 Å². The number of hydrogen-bond acceptors (Lipinski definition) is 10. The summed E-state index contributed by atoms with van der Waals surface area (Å²) in [6.07, 6.45) is 3.92. The highest BCUT2D eigenvalue weighted by molar-refractivity contribution is 8.13. The highest BCUT2D eigenvalue weighted by Gasteiger charge is 2.14. The second kappa shape index (κ2) is 8.64. The van der Waals surface area contributed by atoms with Crippen LogP contribution in [0, 0.1) is 13.8 Å². The van der Waals surface area contributed by atoms with E-state index < -0.39 is 0 Å². The first kappa shape index (κ1) is 21.7. The number of nitrogen functional groups attached to an aromatic ring is 2. The molecule has 9 nitrogen and oxygen atoms in total. The SMILES string of the molecule is CSC1=NN(Nc2ccc3nc(C)cc(N)c3c2)NC(Nc2ccc3nc(C)cc(N)c3c2)=C1. The van der Waals surface area contributed by atoms with Gasteiger partial charge in [0.15, 0.2) is 0 Å². The van der Waals surface area contributed by atoms with Gasteiger partial charge in [-0.2, -0.15) is 0 Å². The van der Waals surface area contributed by atoms with Crippen LogP contribution in [0.5, 0.6) is 0 Å². The Kier molecular flexibility index (Phi) is 5.50. The van der Waals surface area contributed by atoms with Gasteiger partial charge in [-0.25, -0.2) is 5.43 Å². The number of aryl methyl sites for hydroxylation is 2. The lowest BCUT2D eigenvalue weighted by Gasteiger charge is -2.28. The van der Waals surface area contributed by atoms with Crippen LogP contribution < -0.4 is 27.6 Å². The number of rotatable bonds is 4. The molecule has 0 aliphatic carbocycles. The van der Waals surface area contributed by atoms with Crippen molar-refractivity contribution < 1.29 is 0 Å². The van der Waals surface area contributed by atoms with Crippen LogP contribution in [0.1, 0.15) is 11.4 Å². The zero-order chi connectivity index (χ0) is 23.8. The number of thioether (sulfide) groups is 1. The predicted molar refractivity (Wildman–Crippen MR) is 143 cm³/mol. The standard InChI is InChI=1S/C24H25N9S/c1-13-8-19(25)17-10-15(4-6-21(17)27-13)29-23-12-24(34-3)32-33(31-23)30-16-5-7-22-18(11-16)20(26)9-14(2)28-22/h4-12,29-31H,1-3H3,(H2,25,27)(H2,26,28). The van der Waals surface area contributed by atoms with Crippen LogP contribution in [-0.2, 0) is 0 Å². The molecule has 7 N–H and O–H groups in total. The molecule has 0 fully saturated rings. The van der Waals surface area contributed by atoms with E-state index in [9.17, 15) is 0 Å². The molecule has 0 saturated carbocycles. The minimum Gasteiger partial charge on any atom is -0.398 e. The molecule has 0 radical (unpaired) electrons. The third kappa shape index (κ3) is 4.35. The molecule has 10 heteroatoms. The summed E-state index contributed by atoms with van der Waals surface area (Å²) in [6, 6.07) is 15.5. The van der Waals surface area contributed by atoms with Gasteiger partial charge in [0.2, 0.25) is 0 Å². The fourth-order valence-electron chi connectivity index (χ4n) is 3.84. The van der Waals surface area contributed by atoms with Crippen LogP contribution in [0.15, 0.2) is 65.5 Å². The molecule has 1 aliphatic rings. The smallest absolute Gasteiger partial charge is 0.128 e. The number of nitrogens with one attached hydrogen (secondary N) is 3. The third-order valence-electron chi connectivity index (χ3n) is 5.35. The summed E-state index contributed by atoms with van der Waals surface area (Å²) in [5.41, 5.74) is 25.5. The number of nitrogens with zero attached hydrogens (tertiary/aromatic N) is 4. The van der Waals surface area contributed by atoms with Crippen molar-refractivity contribution in [2.75, 3.05) is 28.5 Å². The van der Waals surface area contributed by atoms with Crippen LogP contribution in [0.25, 0.3) is 21.8 Å². The zero-order valence-corrected chi connectivity index (χ0v) is 19.9. The first-order chi connectivity index (χ1) is 16.4. The van der Waals surface area contributed by atoms with Gasteiger partial charge in [0, 0.05) is 45.3 Å². The van der Waals surface area contributed by atoms with Gasteiger partial charge in [0.1, 0.15) is 10.9 Å². The Morgan fingerprint density at radius 1 is 0.853 bits per heavy atom. The van der Waals surface area contributed by atoms with Gasteiger partial charge >= 0.3 is 0 Å². The first-order valence-electron chi connectivity index (χ1n) is 10.7. The maximum Gasteiger partial charge on any atom is 0.128 e. The van der Waals surface area contributed by atoms with Crippen LogP contribution >= 0.6 is 11.8 Å². The van der Waals surface area contributed by atoms with E-state index in [1.54, 1.807) is 5.23 Å². The Hall–Kier alpha value is -4.18. The van der Waals surface area contributed by atoms with Crippen molar-refractivity contribution in [2.24, 2.45) is 5.10 Å². The monoisotopic (exact) mass is 471 g/mol. The molecule has 2 aromatic heterocycles. The number of aromatic nitrogens is 2. The number of hydrazine groups is 2. The average Bonchev–Trinajstić information content (AvgIpc) is 2.79. The molecule has 1 aliphatic heterocycles. The summed E-state index contributed by atoms with van der Waals surface area (Å²) in [5.74, 6) is 0.752. The van der Waals surface area contributed by atoms with E-state index in [0.717, 1.165) is 55.4 Å². The number of benzene rings is 2. The summed E-state index contributed by atoms with van der Waals surface area (Å²) in [5, 5.41) is 12.1. The van der Waals surface area contributed by atoms with Crippen molar-refractivity contribution >= 4 is 61.4 Å². The van der Waals surface area contributed by atoms with E-state index >= 15 is 0 Å². The van der Waals surface area contributed by atoms with Crippen LogP contribution in [0.3, 0.4) is 0 Å². The number of fused-ring (bicyclic) bond motifs is 2. The van der Waals surface area contributed by atoms with Crippen molar-refractivity contribution in [1.82, 2.24) is 20.6 Å². The normalized spacial score (nSPS) is 13.4. The van der Waals surface area contributed by atoms with Gasteiger partial charge in [0.05, 0.1) is 16.7 Å². The Balaban J connectivity index is 1.38. The number of hydrogen-bond donors (Lipinski definition) is 5. The minimum absolute atomic E-state index is 0.688. The molecule has 0 bridgehead atoms. The van der Waals surface area contributed by atoms with E-state index in [1.807, 2.05) is 74.7 Å². The van der Waals surface area contributed by atoms with E-state index in [4.69, 9.17) is 11.5 Å². The maximum absolute atomic E-state index is 6.22. The van der Waals surface area contributed by atoms with Crippen LogP contribution in [-0.4, -0.2) is 26.5 Å². The van der Waals surface area contributed by atoms with Crippen molar-refractivity contribution in [1.29, 1.82) is 0 Å². The fraction of sp³-hybridized carbons (Fsp3) is 0.125. The van der Waals surface area contributed by atoms with E-state index in [0.29, 0.717) is 11.4 Å². The molecule has 0 unspecified atom stereocenters. The van der Waals surface area contributed by atoms with E-state index in [2.05, 4.69) is 31.2 Å². The molecule has 4 aromatic rings. The average molecular weight is 472 g/mol. The highest BCUT2D eigenvalue weighted by atomic mass is 32.2. The highest BCUT2D eigenvalue weighted by Crippen LogP contribution is 2.26. The lowest BCUT2D eigenvalue weighted by atomic mass is 10.1. The quantitative estimate of drug-likeness (QED) is 0.295. The summed E-state index contributed by atoms with van der Waals surface area (Å²) in [6.45, 7) is 3.87. The molecule has 0 saturated heterocycles. The molecule has 34 heavy (non-hydrogen) atoms. The van der Waals surface area contributed by atoms with Gasteiger partial charge in [-0.3, -0.25) is 15.4 Å². The summed E-state index contributed by atoms with van der Waals surface area (Å²) in [7, 11) is 0. The molecule has 0 amide bonds. The lowest BCUT2D eigenvalue weighted by Crippen LogP contribution is -2.42. The largest absolute Gasteiger partial charge is 0.398 e. The van der Waals surface area contributed by atoms with Gasteiger partial charge in [-0.05, 0) is 68.6 Å². The maximum atomic E-state index is 6.22.